The predicted molar refractivity (Wildman–Crippen MR) is 101 cm³/mol. The summed E-state index contributed by atoms with van der Waals surface area (Å²) in [7, 11) is 0. The van der Waals surface area contributed by atoms with Gasteiger partial charge in [-0.3, -0.25) is 19.6 Å². The van der Waals surface area contributed by atoms with Gasteiger partial charge >= 0.3 is 0 Å². The van der Waals surface area contributed by atoms with Gasteiger partial charge in [-0.1, -0.05) is 0 Å². The van der Waals surface area contributed by atoms with Crippen LogP contribution in [0, 0.1) is 5.92 Å². The minimum Gasteiger partial charge on any atom is -0.508 e. The number of rotatable bonds is 3. The van der Waals surface area contributed by atoms with Crippen LogP contribution in [0.1, 0.15) is 33.6 Å². The van der Waals surface area contributed by atoms with Crippen LogP contribution in [0.3, 0.4) is 0 Å². The van der Waals surface area contributed by atoms with Crippen molar-refractivity contribution >= 4 is 22.7 Å². The number of nitrogens with zero attached hydrogens (tertiary/aromatic N) is 3. The van der Waals surface area contributed by atoms with Gasteiger partial charge < -0.3 is 10.0 Å². The summed E-state index contributed by atoms with van der Waals surface area (Å²) in [6.07, 6.45) is 4.51. The van der Waals surface area contributed by atoms with Crippen LogP contribution in [-0.2, 0) is 0 Å². The normalized spacial score (nSPS) is 15.0. The van der Waals surface area contributed by atoms with E-state index in [9.17, 15) is 14.7 Å². The molecule has 0 aliphatic carbocycles. The van der Waals surface area contributed by atoms with Crippen molar-refractivity contribution in [2.75, 3.05) is 13.1 Å². The third-order valence-electron chi connectivity index (χ3n) is 5.02. The minimum atomic E-state index is -0.0962. The fourth-order valence-corrected chi connectivity index (χ4v) is 3.49. The summed E-state index contributed by atoms with van der Waals surface area (Å²) in [5.41, 5.74) is 2.64. The van der Waals surface area contributed by atoms with Crippen molar-refractivity contribution in [1.29, 1.82) is 0 Å². The molecule has 1 aliphatic rings. The number of ketones is 1. The van der Waals surface area contributed by atoms with Gasteiger partial charge in [-0.05, 0) is 55.3 Å². The molecular weight excluding hydrogens is 342 g/mol. The first-order valence-electron chi connectivity index (χ1n) is 8.95. The zero-order valence-electron chi connectivity index (χ0n) is 14.7. The Bertz CT molecular complexity index is 993. The molecule has 1 N–H and O–H groups in total. The molecule has 0 radical (unpaired) electrons. The summed E-state index contributed by atoms with van der Waals surface area (Å²) in [5, 5.41) is 9.36. The lowest BCUT2D eigenvalue weighted by atomic mass is 9.88. The van der Waals surface area contributed by atoms with E-state index in [0.717, 1.165) is 5.52 Å². The largest absolute Gasteiger partial charge is 0.508 e. The van der Waals surface area contributed by atoms with Crippen LogP contribution in [0.4, 0.5) is 0 Å². The Labute approximate surface area is 156 Å². The molecule has 0 saturated carbocycles. The second kappa shape index (κ2) is 7.15. The highest BCUT2D eigenvalue weighted by Crippen LogP contribution is 2.24. The van der Waals surface area contributed by atoms with E-state index in [-0.39, 0.29) is 23.4 Å². The van der Waals surface area contributed by atoms with Gasteiger partial charge in [-0.15, -0.1) is 0 Å². The lowest BCUT2D eigenvalue weighted by molar-refractivity contribution is 0.0650. The Kier molecular flexibility index (Phi) is 4.54. The molecule has 136 valence electrons. The van der Waals surface area contributed by atoms with Crippen LogP contribution in [0.5, 0.6) is 5.75 Å². The van der Waals surface area contributed by atoms with Gasteiger partial charge in [0.05, 0.1) is 11.0 Å². The number of aromatic hydroxyl groups is 1. The number of phenolic OH excluding ortho intramolecular Hbond substituents is 1. The number of likely N-dealkylation sites (tertiary alicyclic amines) is 1. The molecule has 3 aromatic rings. The molecule has 27 heavy (non-hydrogen) atoms. The molecule has 0 spiro atoms. The highest BCUT2D eigenvalue weighted by molar-refractivity contribution is 5.99. The molecular formula is C21H19N3O3. The van der Waals surface area contributed by atoms with Gasteiger partial charge in [0.1, 0.15) is 5.75 Å². The van der Waals surface area contributed by atoms with E-state index < -0.39 is 0 Å². The average molecular weight is 361 g/mol. The number of carbonyl (C=O) groups is 2. The van der Waals surface area contributed by atoms with Crippen molar-refractivity contribution in [3.63, 3.8) is 0 Å². The molecule has 2 heterocycles. The van der Waals surface area contributed by atoms with Crippen molar-refractivity contribution < 1.29 is 14.7 Å². The summed E-state index contributed by atoms with van der Waals surface area (Å²) in [5.74, 6) is 0.0780. The van der Waals surface area contributed by atoms with E-state index in [4.69, 9.17) is 0 Å². The molecule has 1 fully saturated rings. The third-order valence-corrected chi connectivity index (χ3v) is 5.02. The number of Topliss-reactive ketones (excluding diaryl/α,β-unsaturated/α-hetero) is 1. The Morgan fingerprint density at radius 3 is 2.22 bits per heavy atom. The maximum atomic E-state index is 12.8. The monoisotopic (exact) mass is 361 g/mol. The van der Waals surface area contributed by atoms with Gasteiger partial charge in [0.2, 0.25) is 0 Å². The number of piperidine rings is 1. The Morgan fingerprint density at radius 2 is 1.52 bits per heavy atom. The standard InChI is InChI=1S/C21H19N3O3/c25-17-4-1-14(2-5-17)20(26)15-7-11-24(12-8-15)21(27)16-3-6-18-19(13-16)23-10-9-22-18/h1-6,9-10,13,15,25H,7-8,11-12H2. The molecule has 2 aromatic carbocycles. The molecule has 6 heteroatoms. The van der Waals surface area contributed by atoms with Crippen molar-refractivity contribution in [2.24, 2.45) is 5.92 Å². The number of carbonyl (C=O) groups excluding carboxylic acids is 2. The van der Waals surface area contributed by atoms with Crippen LogP contribution in [0.15, 0.2) is 54.9 Å². The summed E-state index contributed by atoms with van der Waals surface area (Å²) in [4.78, 5) is 35.7. The molecule has 0 bridgehead atoms. The number of hydrogen-bond donors (Lipinski definition) is 1. The number of aromatic nitrogens is 2. The van der Waals surface area contributed by atoms with E-state index in [1.807, 2.05) is 0 Å². The smallest absolute Gasteiger partial charge is 0.253 e. The van der Waals surface area contributed by atoms with Crippen molar-refractivity contribution in [2.45, 2.75) is 12.8 Å². The van der Waals surface area contributed by atoms with Gasteiger partial charge in [0.25, 0.3) is 5.91 Å². The zero-order chi connectivity index (χ0) is 18.8. The highest BCUT2D eigenvalue weighted by atomic mass is 16.3. The third kappa shape index (κ3) is 3.51. The molecule has 0 atom stereocenters. The fraction of sp³-hybridized carbons (Fsp3) is 0.238. The van der Waals surface area contributed by atoms with Crippen LogP contribution < -0.4 is 0 Å². The predicted octanol–water partition coefficient (Wildman–Crippen LogP) is 3.07. The summed E-state index contributed by atoms with van der Waals surface area (Å²) in [6, 6.07) is 11.7. The highest BCUT2D eigenvalue weighted by Gasteiger charge is 2.28. The molecule has 0 unspecified atom stereocenters. The Hall–Kier alpha value is -3.28. The van der Waals surface area contributed by atoms with Crippen molar-refractivity contribution in [3.8, 4) is 5.75 Å². The van der Waals surface area contributed by atoms with Crippen LogP contribution in [0.2, 0.25) is 0 Å². The number of hydrogen-bond acceptors (Lipinski definition) is 5. The Balaban J connectivity index is 1.42. The molecule has 6 nitrogen and oxygen atoms in total. The lowest BCUT2D eigenvalue weighted by Gasteiger charge is -2.31. The zero-order valence-corrected chi connectivity index (χ0v) is 14.7. The molecule has 1 saturated heterocycles. The van der Waals surface area contributed by atoms with Crippen molar-refractivity contribution in [3.05, 3.63) is 66.0 Å². The lowest BCUT2D eigenvalue weighted by Crippen LogP contribution is -2.40. The van der Waals surface area contributed by atoms with E-state index in [0.29, 0.717) is 42.6 Å². The second-order valence-electron chi connectivity index (χ2n) is 6.74. The average Bonchev–Trinajstić information content (AvgIpc) is 2.73. The molecule has 1 aliphatic heterocycles. The van der Waals surface area contributed by atoms with Crippen molar-refractivity contribution in [1.82, 2.24) is 14.9 Å². The van der Waals surface area contributed by atoms with Gasteiger partial charge in [-0.25, -0.2) is 0 Å². The summed E-state index contributed by atoms with van der Waals surface area (Å²) < 4.78 is 0. The first-order chi connectivity index (χ1) is 13.1. The van der Waals surface area contributed by atoms with Crippen LogP contribution in [0.25, 0.3) is 11.0 Å². The SMILES string of the molecule is O=C(c1ccc(O)cc1)C1CCN(C(=O)c2ccc3nccnc3c2)CC1. The fourth-order valence-electron chi connectivity index (χ4n) is 3.49. The van der Waals surface area contributed by atoms with Crippen LogP contribution in [-0.4, -0.2) is 44.8 Å². The molecule has 4 rings (SSSR count). The summed E-state index contributed by atoms with van der Waals surface area (Å²) >= 11 is 0. The Morgan fingerprint density at radius 1 is 0.889 bits per heavy atom. The maximum Gasteiger partial charge on any atom is 0.253 e. The van der Waals surface area contributed by atoms with E-state index >= 15 is 0 Å². The van der Waals surface area contributed by atoms with Crippen LogP contribution >= 0.6 is 0 Å². The van der Waals surface area contributed by atoms with E-state index in [2.05, 4.69) is 9.97 Å². The topological polar surface area (TPSA) is 83.4 Å². The van der Waals surface area contributed by atoms with E-state index in [1.54, 1.807) is 47.6 Å². The first-order valence-corrected chi connectivity index (χ1v) is 8.95. The quantitative estimate of drug-likeness (QED) is 0.725. The number of amides is 1. The number of phenols is 1. The molecule has 1 aromatic heterocycles. The maximum absolute atomic E-state index is 12.8. The first kappa shape index (κ1) is 17.1. The second-order valence-corrected chi connectivity index (χ2v) is 6.74. The number of fused-ring (bicyclic) bond motifs is 1. The molecule has 1 amide bonds. The minimum absolute atomic E-state index is 0.0434. The van der Waals surface area contributed by atoms with Gasteiger partial charge in [0.15, 0.2) is 5.78 Å². The van der Waals surface area contributed by atoms with Gasteiger partial charge in [0, 0.05) is 42.5 Å². The van der Waals surface area contributed by atoms with Gasteiger partial charge in [-0.2, -0.15) is 0 Å². The number of benzene rings is 2. The van der Waals surface area contributed by atoms with E-state index in [1.165, 1.54) is 12.1 Å². The summed E-state index contributed by atoms with van der Waals surface area (Å²) in [6.45, 7) is 1.09.